The Hall–Kier alpha value is 0.330. The molecule has 0 N–H and O–H groups in total. The molecule has 1 aliphatic heterocycles. The van der Waals surface area contributed by atoms with Crippen LogP contribution in [0.15, 0.2) is 13.5 Å². The fraction of sp³-hybridized carbons (Fsp3) is 1.00. The van der Waals surface area contributed by atoms with Gasteiger partial charge in [-0.2, -0.15) is 8.39 Å². The summed E-state index contributed by atoms with van der Waals surface area (Å²) >= 11 is 0. The Labute approximate surface area is 103 Å². The van der Waals surface area contributed by atoms with Crippen molar-refractivity contribution in [2.24, 2.45) is 13.5 Å². The van der Waals surface area contributed by atoms with Crippen molar-refractivity contribution in [1.82, 2.24) is 0 Å². The smallest absolute Gasteiger partial charge is 0.300 e. The highest BCUT2D eigenvalue weighted by Gasteiger charge is 2.41. The fourth-order valence-corrected chi connectivity index (χ4v) is 7.43. The van der Waals surface area contributed by atoms with Crippen LogP contribution >= 0.6 is 23.3 Å². The number of hydrogen-bond acceptors (Lipinski definition) is 5. The van der Waals surface area contributed by atoms with Crippen molar-refractivity contribution < 1.29 is 25.8 Å². The lowest BCUT2D eigenvalue weighted by Gasteiger charge is -2.22. The molecule has 0 saturated heterocycles. The Morgan fingerprint density at radius 1 is 0.722 bits per heavy atom. The second-order valence-electron chi connectivity index (χ2n) is 3.98. The Balaban J connectivity index is 3.31. The molecule has 0 aromatic heterocycles. The maximum absolute atomic E-state index is 14.0. The molecule has 1 aliphatic rings. The molecule has 12 heteroatoms. The molecule has 0 spiro atoms. The van der Waals surface area contributed by atoms with Crippen LogP contribution < -0.4 is 0 Å². The minimum atomic E-state index is -5.44. The average Bonchev–Trinajstić information content (AvgIpc) is 1.90. The molecule has 108 valence electrons. The number of hydrogen-bond donors (Lipinski definition) is 0. The third-order valence-corrected chi connectivity index (χ3v) is 7.98. The van der Waals surface area contributed by atoms with E-state index < -0.39 is 35.5 Å². The molecule has 0 saturated carbocycles. The third kappa shape index (κ3) is 4.78. The van der Waals surface area contributed by atoms with Gasteiger partial charge in [0.05, 0.1) is 12.2 Å². The molecule has 0 radical (unpaired) electrons. The van der Waals surface area contributed by atoms with Crippen molar-refractivity contribution in [2.75, 3.05) is 0 Å². The zero-order valence-electron chi connectivity index (χ0n) is 10.2. The van der Waals surface area contributed by atoms with E-state index in [1.54, 1.807) is 0 Å². The van der Waals surface area contributed by atoms with Gasteiger partial charge < -0.3 is 9.05 Å². The zero-order chi connectivity index (χ0) is 14.2. The summed E-state index contributed by atoms with van der Waals surface area (Å²) in [6, 6.07) is 0. The molecule has 0 aliphatic carbocycles. The maximum Gasteiger partial charge on any atom is 0.425 e. The molecule has 2 unspecified atom stereocenters. The van der Waals surface area contributed by atoms with E-state index in [4.69, 9.17) is 0 Å². The molecule has 1 rings (SSSR count). The summed E-state index contributed by atoms with van der Waals surface area (Å²) in [6.07, 6.45) is -1.50. The zero-order valence-corrected chi connectivity index (χ0v) is 12.8. The molecule has 5 nitrogen and oxygen atoms in total. The van der Waals surface area contributed by atoms with E-state index in [0.29, 0.717) is 0 Å². The Kier molecular flexibility index (Phi) is 4.89. The van der Waals surface area contributed by atoms with Crippen LogP contribution in [0.4, 0.5) is 16.8 Å². The second-order valence-corrected chi connectivity index (χ2v) is 9.35. The van der Waals surface area contributed by atoms with E-state index in [1.165, 1.54) is 27.7 Å². The second kappa shape index (κ2) is 5.37. The summed E-state index contributed by atoms with van der Waals surface area (Å²) in [5.41, 5.74) is 0. The van der Waals surface area contributed by atoms with Gasteiger partial charge in [-0.3, -0.25) is 0 Å². The van der Waals surface area contributed by atoms with Crippen LogP contribution in [0.5, 0.6) is 0 Å². The summed E-state index contributed by atoms with van der Waals surface area (Å²) in [6.45, 7) is 5.65. The van der Waals surface area contributed by atoms with Crippen LogP contribution in [-0.2, 0) is 9.05 Å². The van der Waals surface area contributed by atoms with Crippen molar-refractivity contribution >= 4 is 23.3 Å². The first-order valence-corrected chi connectivity index (χ1v) is 9.50. The van der Waals surface area contributed by atoms with Gasteiger partial charge >= 0.3 is 23.3 Å². The van der Waals surface area contributed by atoms with Gasteiger partial charge in [-0.05, 0) is 27.7 Å². The predicted octanol–water partition coefficient (Wildman–Crippen LogP) is 6.57. The summed E-state index contributed by atoms with van der Waals surface area (Å²) in [5, 5.41) is 0. The lowest BCUT2D eigenvalue weighted by atomic mass is 10.5. The summed E-state index contributed by atoms with van der Waals surface area (Å²) in [5.74, 6) is 0. The fourth-order valence-electron chi connectivity index (χ4n) is 1.08. The van der Waals surface area contributed by atoms with Gasteiger partial charge in [-0.15, -0.1) is 21.9 Å². The Morgan fingerprint density at radius 3 is 1.50 bits per heavy atom. The standard InChI is InChI=1S/C6H14F4N3O2P3/c1-5(2)14-17(9)11-16(7,8)12-18(10,13-17)15-6(3)4/h5-6H,1-4H3. The predicted molar refractivity (Wildman–Crippen MR) is 64.9 cm³/mol. The van der Waals surface area contributed by atoms with Crippen LogP contribution in [0.1, 0.15) is 27.7 Å². The molecule has 0 bridgehead atoms. The van der Waals surface area contributed by atoms with Crippen molar-refractivity contribution in [3.63, 3.8) is 0 Å². The van der Waals surface area contributed by atoms with E-state index >= 15 is 0 Å². The third-order valence-electron chi connectivity index (χ3n) is 1.35. The van der Waals surface area contributed by atoms with Gasteiger partial charge in [-0.1, -0.05) is 0 Å². The van der Waals surface area contributed by atoms with Gasteiger partial charge in [0.2, 0.25) is 0 Å². The summed E-state index contributed by atoms with van der Waals surface area (Å²) in [4.78, 5) is 0. The highest BCUT2D eigenvalue weighted by Crippen LogP contribution is 2.81. The SMILES string of the molecule is CC(C)OP1(F)=NP(F)(F)=NP(F)(OC(C)C)=N1. The van der Waals surface area contributed by atoms with Crippen LogP contribution in [0.25, 0.3) is 0 Å². The van der Waals surface area contributed by atoms with Gasteiger partial charge in [0.25, 0.3) is 0 Å². The first kappa shape index (κ1) is 16.4. The minimum Gasteiger partial charge on any atom is -0.300 e. The molecule has 1 heterocycles. The molecular formula is C6H14F4N3O2P3. The van der Waals surface area contributed by atoms with E-state index in [1.807, 2.05) is 0 Å². The van der Waals surface area contributed by atoms with E-state index in [2.05, 4.69) is 22.6 Å². The Morgan fingerprint density at radius 2 is 1.11 bits per heavy atom. The maximum atomic E-state index is 14.0. The topological polar surface area (TPSA) is 55.5 Å². The number of halogens is 4. The molecule has 0 fully saturated rings. The molecule has 0 aromatic rings. The molecule has 2 atom stereocenters. The summed E-state index contributed by atoms with van der Waals surface area (Å²) in [7, 11) is -14.9. The highest BCUT2D eigenvalue weighted by atomic mass is 31.3. The van der Waals surface area contributed by atoms with Gasteiger partial charge in [0, 0.05) is 0 Å². The number of rotatable bonds is 4. The van der Waals surface area contributed by atoms with Crippen molar-refractivity contribution in [3.8, 4) is 0 Å². The van der Waals surface area contributed by atoms with E-state index in [9.17, 15) is 16.8 Å². The van der Waals surface area contributed by atoms with Gasteiger partial charge in [-0.25, -0.2) is 0 Å². The lowest BCUT2D eigenvalue weighted by Crippen LogP contribution is -2.00. The first-order chi connectivity index (χ1) is 7.95. The van der Waals surface area contributed by atoms with Gasteiger partial charge in [0.1, 0.15) is 0 Å². The first-order valence-electron chi connectivity index (χ1n) is 5.02. The molecule has 0 aromatic carbocycles. The normalized spacial score (nSPS) is 35.0. The van der Waals surface area contributed by atoms with E-state index in [-0.39, 0.29) is 0 Å². The van der Waals surface area contributed by atoms with Crippen molar-refractivity contribution in [3.05, 3.63) is 0 Å². The average molecular weight is 329 g/mol. The largest absolute Gasteiger partial charge is 0.425 e. The molecule has 0 amide bonds. The monoisotopic (exact) mass is 329 g/mol. The van der Waals surface area contributed by atoms with Gasteiger partial charge in [0.15, 0.2) is 0 Å². The van der Waals surface area contributed by atoms with Crippen LogP contribution in [0.2, 0.25) is 0 Å². The van der Waals surface area contributed by atoms with Crippen molar-refractivity contribution in [2.45, 2.75) is 39.9 Å². The van der Waals surface area contributed by atoms with Crippen LogP contribution in [-0.4, -0.2) is 12.2 Å². The number of nitrogens with zero attached hydrogens (tertiary/aromatic N) is 3. The highest BCUT2D eigenvalue weighted by molar-refractivity contribution is 7.77. The molecule has 18 heavy (non-hydrogen) atoms. The van der Waals surface area contributed by atoms with Crippen molar-refractivity contribution in [1.29, 1.82) is 0 Å². The lowest BCUT2D eigenvalue weighted by molar-refractivity contribution is 0.241. The quantitative estimate of drug-likeness (QED) is 0.433. The summed E-state index contributed by atoms with van der Waals surface area (Å²) < 4.78 is 71.8. The van der Waals surface area contributed by atoms with E-state index in [0.717, 1.165) is 0 Å². The molecular weight excluding hydrogens is 315 g/mol. The van der Waals surface area contributed by atoms with Crippen LogP contribution in [0.3, 0.4) is 0 Å². The minimum absolute atomic E-state index is 0.749. The Bertz CT molecular complexity index is 471. The van der Waals surface area contributed by atoms with Crippen LogP contribution in [0, 0.1) is 0 Å².